The number of rotatable bonds is 44. The highest BCUT2D eigenvalue weighted by Gasteiger charge is 2.16. The number of unbranched alkanes of at least 4 members (excludes halogenated alkanes) is 28. The third-order valence-electron chi connectivity index (χ3n) is 10.6. The van der Waals surface area contributed by atoms with E-state index >= 15 is 0 Å². The molecule has 0 aliphatic rings. The van der Waals surface area contributed by atoms with Crippen LogP contribution in [0.3, 0.4) is 0 Å². The minimum Gasteiger partial charge on any atom is -0.462 e. The molecule has 1 N–H and O–H groups in total. The van der Waals surface area contributed by atoms with Gasteiger partial charge in [0.05, 0.1) is 6.61 Å². The summed E-state index contributed by atoms with van der Waals surface area (Å²) in [5.41, 5.74) is 0. The van der Waals surface area contributed by atoms with Gasteiger partial charge in [-0.05, 0) is 51.4 Å². The number of allylic oxidation sites excluding steroid dienone is 8. The molecule has 0 aromatic heterocycles. The molecule has 0 fully saturated rings. The number of aliphatic hydroxyl groups is 1. The molecule has 0 rings (SSSR count). The minimum absolute atomic E-state index is 0.0618. The normalized spacial score (nSPS) is 12.6. The van der Waals surface area contributed by atoms with Gasteiger partial charge in [0.2, 0.25) is 0 Å². The van der Waals surface area contributed by atoms with Crippen LogP contribution in [0.15, 0.2) is 48.6 Å². The Balaban J connectivity index is 3.36. The molecule has 0 amide bonds. The zero-order valence-electron chi connectivity index (χ0n) is 37.1. The van der Waals surface area contributed by atoms with E-state index in [2.05, 4.69) is 62.5 Å². The highest BCUT2D eigenvalue weighted by Crippen LogP contribution is 2.16. The summed E-state index contributed by atoms with van der Waals surface area (Å²) >= 11 is 0. The van der Waals surface area contributed by atoms with Gasteiger partial charge in [0.25, 0.3) is 0 Å². The molecule has 0 radical (unpaired) electrons. The van der Waals surface area contributed by atoms with Gasteiger partial charge in [-0.25, -0.2) is 0 Å². The first kappa shape index (κ1) is 53.9. The van der Waals surface area contributed by atoms with E-state index in [1.807, 2.05) is 0 Å². The molecular formula is C51H92O5. The lowest BCUT2D eigenvalue weighted by Gasteiger charge is -2.15. The van der Waals surface area contributed by atoms with E-state index < -0.39 is 6.10 Å². The van der Waals surface area contributed by atoms with Gasteiger partial charge in [-0.1, -0.05) is 229 Å². The Morgan fingerprint density at radius 3 is 1.16 bits per heavy atom. The largest absolute Gasteiger partial charge is 0.462 e. The van der Waals surface area contributed by atoms with Crippen molar-refractivity contribution >= 4 is 11.9 Å². The molecule has 5 nitrogen and oxygen atoms in total. The maximum Gasteiger partial charge on any atom is 0.306 e. The summed E-state index contributed by atoms with van der Waals surface area (Å²) in [7, 11) is 0. The van der Waals surface area contributed by atoms with Crippen molar-refractivity contribution in [2.45, 2.75) is 251 Å². The SMILES string of the molecule is CC/C=C\C/C=C\C/C=C\C/C=C\CCCCCCCCCCCCCCCCCCCCCCCCC(=O)OC(CO)COC(=O)CCCCCCCCC. The van der Waals surface area contributed by atoms with Crippen LogP contribution in [0.5, 0.6) is 0 Å². The predicted molar refractivity (Wildman–Crippen MR) is 242 cm³/mol. The van der Waals surface area contributed by atoms with Crippen molar-refractivity contribution < 1.29 is 24.2 Å². The van der Waals surface area contributed by atoms with Crippen LogP contribution in [-0.4, -0.2) is 36.4 Å². The van der Waals surface area contributed by atoms with Crippen molar-refractivity contribution in [3.8, 4) is 0 Å². The van der Waals surface area contributed by atoms with Crippen LogP contribution in [0.25, 0.3) is 0 Å². The second-order valence-electron chi connectivity index (χ2n) is 16.2. The quantitative estimate of drug-likeness (QED) is 0.0378. The molecule has 0 aromatic rings. The lowest BCUT2D eigenvalue weighted by atomic mass is 10.0. The molecule has 0 aromatic carbocycles. The molecule has 0 saturated heterocycles. The Labute approximate surface area is 348 Å². The number of aliphatic hydroxyl groups excluding tert-OH is 1. The Bertz CT molecular complexity index is 935. The Morgan fingerprint density at radius 2 is 0.768 bits per heavy atom. The highest BCUT2D eigenvalue weighted by atomic mass is 16.6. The predicted octanol–water partition coefficient (Wildman–Crippen LogP) is 15.7. The molecule has 0 aliphatic carbocycles. The number of carbonyl (C=O) groups excluding carboxylic acids is 2. The van der Waals surface area contributed by atoms with Crippen LogP contribution in [0.1, 0.15) is 245 Å². The van der Waals surface area contributed by atoms with Crippen molar-refractivity contribution in [1.29, 1.82) is 0 Å². The fraction of sp³-hybridized carbons (Fsp3) is 0.804. The summed E-state index contributed by atoms with van der Waals surface area (Å²) in [6, 6.07) is 0. The van der Waals surface area contributed by atoms with Gasteiger partial charge >= 0.3 is 11.9 Å². The Hall–Kier alpha value is -2.14. The van der Waals surface area contributed by atoms with E-state index in [9.17, 15) is 14.7 Å². The van der Waals surface area contributed by atoms with E-state index in [0.717, 1.165) is 64.2 Å². The first-order chi connectivity index (χ1) is 27.6. The molecule has 326 valence electrons. The number of hydrogen-bond donors (Lipinski definition) is 1. The van der Waals surface area contributed by atoms with Crippen molar-refractivity contribution in [1.82, 2.24) is 0 Å². The molecular weight excluding hydrogens is 693 g/mol. The first-order valence-corrected chi connectivity index (χ1v) is 24.2. The fourth-order valence-electron chi connectivity index (χ4n) is 7.02. The van der Waals surface area contributed by atoms with Gasteiger partial charge in [0.1, 0.15) is 6.61 Å². The van der Waals surface area contributed by atoms with Gasteiger partial charge in [-0.15, -0.1) is 0 Å². The van der Waals surface area contributed by atoms with E-state index in [1.165, 1.54) is 154 Å². The molecule has 0 saturated carbocycles. The molecule has 1 unspecified atom stereocenters. The van der Waals surface area contributed by atoms with E-state index in [4.69, 9.17) is 9.47 Å². The van der Waals surface area contributed by atoms with Crippen LogP contribution in [-0.2, 0) is 19.1 Å². The van der Waals surface area contributed by atoms with Crippen molar-refractivity contribution in [2.24, 2.45) is 0 Å². The van der Waals surface area contributed by atoms with Crippen LogP contribution in [0.4, 0.5) is 0 Å². The maximum absolute atomic E-state index is 12.2. The van der Waals surface area contributed by atoms with Crippen molar-refractivity contribution in [3.05, 3.63) is 48.6 Å². The summed E-state index contributed by atoms with van der Waals surface area (Å²) in [6.07, 6.45) is 61.0. The average Bonchev–Trinajstić information content (AvgIpc) is 3.20. The second kappa shape index (κ2) is 47.2. The third-order valence-corrected chi connectivity index (χ3v) is 10.6. The molecule has 1 atom stereocenters. The number of carbonyl (C=O) groups is 2. The smallest absolute Gasteiger partial charge is 0.306 e. The van der Waals surface area contributed by atoms with Crippen molar-refractivity contribution in [3.63, 3.8) is 0 Å². The lowest BCUT2D eigenvalue weighted by molar-refractivity contribution is -0.161. The van der Waals surface area contributed by atoms with Crippen LogP contribution >= 0.6 is 0 Å². The van der Waals surface area contributed by atoms with Crippen molar-refractivity contribution in [2.75, 3.05) is 13.2 Å². The highest BCUT2D eigenvalue weighted by molar-refractivity contribution is 5.70. The third kappa shape index (κ3) is 44.6. The van der Waals surface area contributed by atoms with Crippen LogP contribution in [0, 0.1) is 0 Å². The van der Waals surface area contributed by atoms with Crippen LogP contribution < -0.4 is 0 Å². The number of hydrogen-bond acceptors (Lipinski definition) is 5. The molecule has 5 heteroatoms. The lowest BCUT2D eigenvalue weighted by Crippen LogP contribution is -2.28. The van der Waals surface area contributed by atoms with Gasteiger partial charge < -0.3 is 14.6 Å². The van der Waals surface area contributed by atoms with Gasteiger partial charge in [0.15, 0.2) is 6.10 Å². The molecule has 56 heavy (non-hydrogen) atoms. The maximum atomic E-state index is 12.2. The van der Waals surface area contributed by atoms with E-state index in [1.54, 1.807) is 0 Å². The summed E-state index contributed by atoms with van der Waals surface area (Å²) in [6.45, 7) is 3.99. The Kier molecular flexibility index (Phi) is 45.4. The molecule has 0 spiro atoms. The summed E-state index contributed by atoms with van der Waals surface area (Å²) in [4.78, 5) is 24.1. The minimum atomic E-state index is -0.764. The summed E-state index contributed by atoms with van der Waals surface area (Å²) in [5, 5.41) is 9.53. The van der Waals surface area contributed by atoms with E-state index in [-0.39, 0.29) is 25.2 Å². The fourth-order valence-corrected chi connectivity index (χ4v) is 7.02. The van der Waals surface area contributed by atoms with E-state index in [0.29, 0.717) is 12.8 Å². The second-order valence-corrected chi connectivity index (χ2v) is 16.2. The van der Waals surface area contributed by atoms with Gasteiger partial charge in [-0.2, -0.15) is 0 Å². The topological polar surface area (TPSA) is 72.8 Å². The molecule has 0 heterocycles. The molecule has 0 aliphatic heterocycles. The zero-order chi connectivity index (χ0) is 40.7. The van der Waals surface area contributed by atoms with Gasteiger partial charge in [-0.3, -0.25) is 9.59 Å². The number of ether oxygens (including phenoxy) is 2. The van der Waals surface area contributed by atoms with Crippen LogP contribution in [0.2, 0.25) is 0 Å². The standard InChI is InChI=1S/C51H92O5/c1-3-5-7-9-11-12-13-14-15-16-17-18-19-20-21-22-23-24-25-26-27-28-29-30-31-32-33-34-35-36-37-38-40-42-44-46-51(54)56-49(47-52)48-55-50(53)45-43-41-39-10-8-6-4-2/h5,7,11-12,14-15,17-18,49,52H,3-4,6,8-10,13,16,19-48H2,1-2H3/b7-5-,12-11-,15-14-,18-17-. The average molecular weight is 785 g/mol. The zero-order valence-corrected chi connectivity index (χ0v) is 37.1. The molecule has 0 bridgehead atoms. The summed E-state index contributed by atoms with van der Waals surface area (Å²) < 4.78 is 10.6. The number of esters is 2. The Morgan fingerprint density at radius 1 is 0.429 bits per heavy atom. The first-order valence-electron chi connectivity index (χ1n) is 24.2. The monoisotopic (exact) mass is 785 g/mol. The van der Waals surface area contributed by atoms with Gasteiger partial charge in [0, 0.05) is 12.8 Å². The summed E-state index contributed by atoms with van der Waals surface area (Å²) in [5.74, 6) is -0.588.